The summed E-state index contributed by atoms with van der Waals surface area (Å²) >= 11 is 3.52. The van der Waals surface area contributed by atoms with Crippen molar-refractivity contribution in [3.05, 3.63) is 22.1 Å². The summed E-state index contributed by atoms with van der Waals surface area (Å²) in [6.45, 7) is 2.03. The quantitative estimate of drug-likeness (QED) is 0.868. The molecule has 1 heterocycles. The van der Waals surface area contributed by atoms with Gasteiger partial charge in [-0.2, -0.15) is 0 Å². The van der Waals surface area contributed by atoms with E-state index in [2.05, 4.69) is 25.9 Å². The van der Waals surface area contributed by atoms with Crippen LogP contribution in [0.1, 0.15) is 42.4 Å². The molecule has 0 spiro atoms. The second kappa shape index (κ2) is 5.48. The van der Waals surface area contributed by atoms with Crippen LogP contribution in [0.25, 0.3) is 5.57 Å². The molecular weight excluding hydrogens is 298 g/mol. The number of hydrogen-bond donors (Lipinski definition) is 1. The summed E-state index contributed by atoms with van der Waals surface area (Å²) in [5.41, 5.74) is 7.53. The molecule has 0 bridgehead atoms. The third-order valence-electron chi connectivity index (χ3n) is 2.73. The summed E-state index contributed by atoms with van der Waals surface area (Å²) < 4.78 is 6.03. The van der Waals surface area contributed by atoms with E-state index < -0.39 is 5.97 Å². The number of nitrogens with two attached hydrogens (primary N) is 1. The maximum atomic E-state index is 11.7. The number of carbonyl (C=O) groups is 1. The number of ether oxygens (including phenoxy) is 1. The monoisotopic (exact) mass is 311 g/mol. The molecule has 0 saturated carbocycles. The molecule has 5 nitrogen and oxygen atoms in total. The van der Waals surface area contributed by atoms with E-state index in [1.165, 1.54) is 0 Å². The SMILES string of the molecule is CCOC(=O)c1nc(C2=C(Br)CCC2)cnc1N. The zero-order chi connectivity index (χ0) is 13.1. The van der Waals surface area contributed by atoms with Gasteiger partial charge in [0.15, 0.2) is 11.5 Å². The summed E-state index contributed by atoms with van der Waals surface area (Å²) in [5.74, 6) is -0.425. The molecule has 2 N–H and O–H groups in total. The van der Waals surface area contributed by atoms with Crippen molar-refractivity contribution >= 4 is 33.3 Å². The smallest absolute Gasteiger partial charge is 0.360 e. The van der Waals surface area contributed by atoms with Crippen molar-refractivity contribution in [1.82, 2.24) is 9.97 Å². The molecule has 6 heteroatoms. The Bertz CT molecular complexity index is 514. The van der Waals surface area contributed by atoms with E-state index in [1.54, 1.807) is 13.1 Å². The minimum absolute atomic E-state index is 0.0917. The number of carbonyl (C=O) groups excluding carboxylic acids is 1. The number of allylic oxidation sites excluding steroid dienone is 2. The van der Waals surface area contributed by atoms with Gasteiger partial charge in [0.2, 0.25) is 0 Å². The van der Waals surface area contributed by atoms with Crippen LogP contribution in [0, 0.1) is 0 Å². The molecule has 1 aliphatic carbocycles. The first-order chi connectivity index (χ1) is 8.63. The van der Waals surface area contributed by atoms with Gasteiger partial charge in [-0.05, 0) is 31.8 Å². The molecule has 0 aromatic carbocycles. The summed E-state index contributed by atoms with van der Waals surface area (Å²) in [6.07, 6.45) is 4.61. The van der Waals surface area contributed by atoms with Crippen molar-refractivity contribution in [1.29, 1.82) is 0 Å². The number of aromatic nitrogens is 2. The van der Waals surface area contributed by atoms with Crippen LogP contribution in [0.2, 0.25) is 0 Å². The number of hydrogen-bond acceptors (Lipinski definition) is 5. The molecular formula is C12H14BrN3O2. The van der Waals surface area contributed by atoms with Crippen LogP contribution in [0.3, 0.4) is 0 Å². The van der Waals surface area contributed by atoms with Crippen LogP contribution in [-0.2, 0) is 4.74 Å². The molecule has 0 atom stereocenters. The second-order valence-electron chi connectivity index (χ2n) is 3.95. The fourth-order valence-electron chi connectivity index (χ4n) is 1.87. The number of esters is 1. The predicted octanol–water partition coefficient (Wildman–Crippen LogP) is 2.53. The lowest BCUT2D eigenvalue weighted by molar-refractivity contribution is 0.0520. The summed E-state index contributed by atoms with van der Waals surface area (Å²) in [6, 6.07) is 0. The van der Waals surface area contributed by atoms with Crippen LogP contribution < -0.4 is 5.73 Å². The topological polar surface area (TPSA) is 78.1 Å². The molecule has 0 radical (unpaired) electrons. The van der Waals surface area contributed by atoms with Gasteiger partial charge in [0.1, 0.15) is 0 Å². The Balaban J connectivity index is 2.38. The van der Waals surface area contributed by atoms with Crippen LogP contribution in [0.15, 0.2) is 10.7 Å². The molecule has 0 aliphatic heterocycles. The van der Waals surface area contributed by atoms with Gasteiger partial charge >= 0.3 is 5.97 Å². The molecule has 0 saturated heterocycles. The van der Waals surface area contributed by atoms with Gasteiger partial charge in [0.25, 0.3) is 0 Å². The lowest BCUT2D eigenvalue weighted by Gasteiger charge is -2.07. The Morgan fingerprint density at radius 2 is 2.33 bits per heavy atom. The highest BCUT2D eigenvalue weighted by Crippen LogP contribution is 2.36. The van der Waals surface area contributed by atoms with E-state index in [9.17, 15) is 4.79 Å². The molecule has 0 unspecified atom stereocenters. The highest BCUT2D eigenvalue weighted by molar-refractivity contribution is 9.11. The summed E-state index contributed by atoms with van der Waals surface area (Å²) in [7, 11) is 0. The average Bonchev–Trinajstić information content (AvgIpc) is 2.76. The minimum Gasteiger partial charge on any atom is -0.461 e. The Kier molecular flexibility index (Phi) is 3.96. The van der Waals surface area contributed by atoms with E-state index in [0.29, 0.717) is 5.69 Å². The third kappa shape index (κ3) is 2.53. The van der Waals surface area contributed by atoms with Crippen molar-refractivity contribution in [2.24, 2.45) is 0 Å². The Hall–Kier alpha value is -1.43. The van der Waals surface area contributed by atoms with Gasteiger partial charge in [0, 0.05) is 4.48 Å². The number of halogens is 1. The van der Waals surface area contributed by atoms with Crippen molar-refractivity contribution in [3.63, 3.8) is 0 Å². The van der Waals surface area contributed by atoms with Gasteiger partial charge in [-0.15, -0.1) is 0 Å². The molecule has 18 heavy (non-hydrogen) atoms. The van der Waals surface area contributed by atoms with Gasteiger partial charge < -0.3 is 10.5 Å². The predicted molar refractivity (Wildman–Crippen MR) is 72.1 cm³/mol. The maximum absolute atomic E-state index is 11.7. The first-order valence-electron chi connectivity index (χ1n) is 5.81. The largest absolute Gasteiger partial charge is 0.461 e. The fraction of sp³-hybridized carbons (Fsp3) is 0.417. The summed E-state index contributed by atoms with van der Waals surface area (Å²) in [4.78, 5) is 20.0. The molecule has 1 aromatic heterocycles. The zero-order valence-corrected chi connectivity index (χ0v) is 11.7. The lowest BCUT2D eigenvalue weighted by atomic mass is 10.2. The van der Waals surface area contributed by atoms with E-state index in [1.807, 2.05) is 0 Å². The highest BCUT2D eigenvalue weighted by Gasteiger charge is 2.20. The normalized spacial score (nSPS) is 15.0. The molecule has 0 amide bonds. The zero-order valence-electron chi connectivity index (χ0n) is 10.1. The average molecular weight is 312 g/mol. The van der Waals surface area contributed by atoms with Crippen LogP contribution in [-0.4, -0.2) is 22.5 Å². The van der Waals surface area contributed by atoms with Gasteiger partial charge in [-0.25, -0.2) is 14.8 Å². The van der Waals surface area contributed by atoms with Crippen molar-refractivity contribution in [3.8, 4) is 0 Å². The number of anilines is 1. The van der Waals surface area contributed by atoms with E-state index >= 15 is 0 Å². The molecule has 96 valence electrons. The number of nitrogen functional groups attached to an aromatic ring is 1. The Morgan fingerprint density at radius 3 is 2.94 bits per heavy atom. The van der Waals surface area contributed by atoms with Crippen molar-refractivity contribution < 1.29 is 9.53 Å². The lowest BCUT2D eigenvalue weighted by Crippen LogP contribution is -2.13. The van der Waals surface area contributed by atoms with Crippen LogP contribution in [0.4, 0.5) is 5.82 Å². The van der Waals surface area contributed by atoms with Crippen molar-refractivity contribution in [2.75, 3.05) is 12.3 Å². The summed E-state index contributed by atoms with van der Waals surface area (Å²) in [5, 5.41) is 0. The van der Waals surface area contributed by atoms with Crippen LogP contribution >= 0.6 is 15.9 Å². The number of rotatable bonds is 3. The third-order valence-corrected chi connectivity index (χ3v) is 3.60. The van der Waals surface area contributed by atoms with E-state index in [0.717, 1.165) is 29.3 Å². The van der Waals surface area contributed by atoms with E-state index in [-0.39, 0.29) is 18.1 Å². The van der Waals surface area contributed by atoms with Crippen molar-refractivity contribution in [2.45, 2.75) is 26.2 Å². The van der Waals surface area contributed by atoms with Gasteiger partial charge in [-0.1, -0.05) is 15.9 Å². The Labute approximate surface area is 114 Å². The van der Waals surface area contributed by atoms with Crippen LogP contribution in [0.5, 0.6) is 0 Å². The Morgan fingerprint density at radius 1 is 1.56 bits per heavy atom. The molecule has 2 rings (SSSR count). The first-order valence-corrected chi connectivity index (χ1v) is 6.60. The van der Waals surface area contributed by atoms with Gasteiger partial charge in [0.05, 0.1) is 18.5 Å². The minimum atomic E-state index is -0.529. The molecule has 0 fully saturated rings. The molecule has 1 aliphatic rings. The number of nitrogens with zero attached hydrogens (tertiary/aromatic N) is 2. The van der Waals surface area contributed by atoms with E-state index in [4.69, 9.17) is 10.5 Å². The maximum Gasteiger partial charge on any atom is 0.360 e. The molecule has 1 aromatic rings. The standard InChI is InChI=1S/C12H14BrN3O2/c1-2-18-12(17)10-11(14)15-6-9(16-10)7-4-3-5-8(7)13/h6H,2-5H2,1H3,(H2,14,15). The fourth-order valence-corrected chi connectivity index (χ4v) is 2.55. The second-order valence-corrected chi connectivity index (χ2v) is 4.90. The first kappa shape index (κ1) is 13.0. The highest BCUT2D eigenvalue weighted by atomic mass is 79.9. The van der Waals surface area contributed by atoms with Gasteiger partial charge in [-0.3, -0.25) is 0 Å².